The Morgan fingerprint density at radius 3 is 2.57 bits per heavy atom. The lowest BCUT2D eigenvalue weighted by Crippen LogP contribution is -2.41. The number of rotatable bonds is 5. The summed E-state index contributed by atoms with van der Waals surface area (Å²) in [7, 11) is 0. The van der Waals surface area contributed by atoms with Crippen molar-refractivity contribution < 1.29 is 14.7 Å². The highest BCUT2D eigenvalue weighted by Crippen LogP contribution is 2.21. The van der Waals surface area contributed by atoms with Gasteiger partial charge in [0.05, 0.1) is 4.36 Å². The van der Waals surface area contributed by atoms with Gasteiger partial charge in [-0.3, -0.25) is 4.79 Å². The minimum atomic E-state index is -1.10. The molecule has 7 heteroatoms. The molecular formula is C7H9Cl2NO3S. The van der Waals surface area contributed by atoms with Gasteiger partial charge in [0, 0.05) is 18.2 Å². The molecule has 0 aromatic carbocycles. The molecular weight excluding hydrogens is 249 g/mol. The van der Waals surface area contributed by atoms with Gasteiger partial charge in [-0.2, -0.15) is 0 Å². The molecule has 0 aliphatic carbocycles. The van der Waals surface area contributed by atoms with Crippen LogP contribution in [0, 0.1) is 0 Å². The molecule has 0 aliphatic heterocycles. The third-order valence-electron chi connectivity index (χ3n) is 1.15. The largest absolute Gasteiger partial charge is 0.480 e. The highest BCUT2D eigenvalue weighted by atomic mass is 35.5. The molecule has 1 atom stereocenters. The van der Waals surface area contributed by atoms with Gasteiger partial charge in [-0.1, -0.05) is 23.2 Å². The van der Waals surface area contributed by atoms with E-state index in [0.29, 0.717) is 0 Å². The fraction of sp³-hybridized carbons (Fsp3) is 0.429. The van der Waals surface area contributed by atoms with Gasteiger partial charge in [-0.25, -0.2) is 4.79 Å². The molecule has 1 amide bonds. The minimum Gasteiger partial charge on any atom is -0.480 e. The summed E-state index contributed by atoms with van der Waals surface area (Å²) in [5.74, 6) is -1.37. The molecule has 0 radical (unpaired) electrons. The lowest BCUT2D eigenvalue weighted by Gasteiger charge is -2.11. The number of amides is 1. The van der Waals surface area contributed by atoms with E-state index < -0.39 is 17.9 Å². The van der Waals surface area contributed by atoms with Gasteiger partial charge in [0.2, 0.25) is 5.91 Å². The van der Waals surface area contributed by atoms with E-state index in [1.54, 1.807) is 0 Å². The van der Waals surface area contributed by atoms with Crippen LogP contribution in [0.4, 0.5) is 0 Å². The van der Waals surface area contributed by atoms with Gasteiger partial charge in [-0.05, 0) is 0 Å². The summed E-state index contributed by atoms with van der Waals surface area (Å²) in [6.45, 7) is 1.25. The molecule has 0 aromatic heterocycles. The number of nitrogens with one attached hydrogen (secondary N) is 1. The monoisotopic (exact) mass is 257 g/mol. The Kier molecular flexibility index (Phi) is 6.78. The number of thioether (sulfide) groups is 1. The molecule has 0 spiro atoms. The van der Waals surface area contributed by atoms with Crippen LogP contribution in [0.1, 0.15) is 6.92 Å². The number of aliphatic carboxylic acids is 1. The Morgan fingerprint density at radius 2 is 2.21 bits per heavy atom. The Hall–Kier alpha value is -0.390. The minimum absolute atomic E-state index is 0.136. The smallest absolute Gasteiger partial charge is 0.327 e. The fourth-order valence-corrected chi connectivity index (χ4v) is 1.61. The van der Waals surface area contributed by atoms with Crippen molar-refractivity contribution in [2.45, 2.75) is 13.0 Å². The Labute approximate surface area is 95.6 Å². The van der Waals surface area contributed by atoms with E-state index in [9.17, 15) is 9.59 Å². The van der Waals surface area contributed by atoms with E-state index in [0.717, 1.165) is 17.3 Å². The van der Waals surface area contributed by atoms with Gasteiger partial charge < -0.3 is 10.4 Å². The summed E-state index contributed by atoms with van der Waals surface area (Å²) < 4.78 is 0.281. The topological polar surface area (TPSA) is 66.4 Å². The number of hydrogen-bond acceptors (Lipinski definition) is 3. The van der Waals surface area contributed by atoms with Crippen LogP contribution >= 0.6 is 35.0 Å². The second kappa shape index (κ2) is 6.98. The van der Waals surface area contributed by atoms with Crippen LogP contribution in [-0.4, -0.2) is 28.8 Å². The van der Waals surface area contributed by atoms with Crippen molar-refractivity contribution in [1.29, 1.82) is 0 Å². The first-order chi connectivity index (χ1) is 6.47. The first kappa shape index (κ1) is 13.6. The molecule has 0 saturated heterocycles. The molecule has 14 heavy (non-hydrogen) atoms. The average Bonchev–Trinajstić information content (AvgIpc) is 2.10. The lowest BCUT2D eigenvalue weighted by atomic mass is 10.3. The first-order valence-corrected chi connectivity index (χ1v) is 5.36. The van der Waals surface area contributed by atoms with Crippen LogP contribution in [0.25, 0.3) is 0 Å². The number of carboxylic acids is 1. The molecule has 0 bridgehead atoms. The maximum absolute atomic E-state index is 10.6. The summed E-state index contributed by atoms with van der Waals surface area (Å²) >= 11 is 11.9. The number of carbonyl (C=O) groups is 2. The first-order valence-electron chi connectivity index (χ1n) is 3.56. The molecule has 2 N–H and O–H groups in total. The Bertz CT molecular complexity index is 257. The quantitative estimate of drug-likeness (QED) is 0.785. The molecule has 0 fully saturated rings. The lowest BCUT2D eigenvalue weighted by molar-refractivity contribution is -0.140. The van der Waals surface area contributed by atoms with E-state index in [-0.39, 0.29) is 10.1 Å². The standard InChI is InChI=1S/C7H9Cl2NO3S/c1-4(11)10-5(7(12)13)3-14-6(9)2-8/h2,5H,3H2,1H3,(H,10,11)(H,12,13)/b6-2+/t5-/m0/s1. The molecule has 0 saturated carbocycles. The molecule has 80 valence electrons. The maximum atomic E-state index is 10.6. The van der Waals surface area contributed by atoms with E-state index in [2.05, 4.69) is 5.32 Å². The Balaban J connectivity index is 4.11. The van der Waals surface area contributed by atoms with Crippen LogP contribution < -0.4 is 5.32 Å². The van der Waals surface area contributed by atoms with Crippen molar-refractivity contribution in [3.63, 3.8) is 0 Å². The molecule has 4 nitrogen and oxygen atoms in total. The van der Waals surface area contributed by atoms with Crippen molar-refractivity contribution in [3.05, 3.63) is 9.90 Å². The molecule has 0 aromatic rings. The van der Waals surface area contributed by atoms with Crippen molar-refractivity contribution >= 4 is 46.8 Å². The molecule has 0 rings (SSSR count). The van der Waals surface area contributed by atoms with E-state index >= 15 is 0 Å². The SMILES string of the molecule is CC(=O)N[C@@H](CS/C(Cl)=C/Cl)C(=O)O. The summed E-state index contributed by atoms with van der Waals surface area (Å²) in [4.78, 5) is 21.2. The number of carboxylic acid groups (broad SMARTS) is 1. The molecule has 0 heterocycles. The molecule has 0 aliphatic rings. The van der Waals surface area contributed by atoms with Crippen LogP contribution in [0.5, 0.6) is 0 Å². The zero-order chi connectivity index (χ0) is 11.1. The van der Waals surface area contributed by atoms with Crippen LogP contribution in [0.15, 0.2) is 9.90 Å². The summed E-state index contributed by atoms with van der Waals surface area (Å²) in [6, 6.07) is -0.956. The highest BCUT2D eigenvalue weighted by Gasteiger charge is 2.18. The summed E-state index contributed by atoms with van der Waals surface area (Å²) in [6.07, 6.45) is 0. The predicted molar refractivity (Wildman–Crippen MR) is 57.5 cm³/mol. The van der Waals surface area contributed by atoms with E-state index in [4.69, 9.17) is 28.3 Å². The number of halogens is 2. The van der Waals surface area contributed by atoms with Gasteiger partial charge in [0.15, 0.2) is 0 Å². The normalized spacial score (nSPS) is 13.5. The van der Waals surface area contributed by atoms with Gasteiger partial charge in [0.1, 0.15) is 6.04 Å². The van der Waals surface area contributed by atoms with E-state index in [1.165, 1.54) is 6.92 Å². The van der Waals surface area contributed by atoms with Crippen LogP contribution in [-0.2, 0) is 9.59 Å². The summed E-state index contributed by atoms with van der Waals surface area (Å²) in [5, 5.41) is 11.0. The van der Waals surface area contributed by atoms with E-state index in [1.807, 2.05) is 0 Å². The third kappa shape index (κ3) is 6.12. The van der Waals surface area contributed by atoms with Gasteiger partial charge in [0.25, 0.3) is 0 Å². The average molecular weight is 258 g/mol. The highest BCUT2D eigenvalue weighted by molar-refractivity contribution is 8.04. The third-order valence-corrected chi connectivity index (χ3v) is 2.94. The van der Waals surface area contributed by atoms with Crippen molar-refractivity contribution in [1.82, 2.24) is 5.32 Å². The zero-order valence-corrected chi connectivity index (χ0v) is 9.62. The predicted octanol–water partition coefficient (Wildman–Crippen LogP) is 1.59. The zero-order valence-electron chi connectivity index (χ0n) is 7.29. The number of carbonyl (C=O) groups excluding carboxylic acids is 1. The second-order valence-electron chi connectivity index (χ2n) is 2.32. The van der Waals surface area contributed by atoms with Crippen molar-refractivity contribution in [2.24, 2.45) is 0 Å². The fourth-order valence-electron chi connectivity index (χ4n) is 0.614. The second-order valence-corrected chi connectivity index (χ2v) is 4.23. The van der Waals surface area contributed by atoms with Crippen molar-refractivity contribution in [3.8, 4) is 0 Å². The van der Waals surface area contributed by atoms with Crippen molar-refractivity contribution in [2.75, 3.05) is 5.75 Å². The Morgan fingerprint density at radius 1 is 1.64 bits per heavy atom. The summed E-state index contributed by atoms with van der Waals surface area (Å²) in [5.41, 5.74) is 1.14. The van der Waals surface area contributed by atoms with Gasteiger partial charge in [-0.15, -0.1) is 11.8 Å². The maximum Gasteiger partial charge on any atom is 0.327 e. The molecule has 0 unspecified atom stereocenters. The van der Waals surface area contributed by atoms with Crippen LogP contribution in [0.3, 0.4) is 0 Å². The van der Waals surface area contributed by atoms with Gasteiger partial charge >= 0.3 is 5.97 Å². The van der Waals surface area contributed by atoms with Crippen LogP contribution in [0.2, 0.25) is 0 Å². The number of hydrogen-bond donors (Lipinski definition) is 2.